The normalized spacial score (nSPS) is 28.1. The van der Waals surface area contributed by atoms with Crippen molar-refractivity contribution in [3.8, 4) is 0 Å². The third kappa shape index (κ3) is 3.54. The van der Waals surface area contributed by atoms with Crippen molar-refractivity contribution in [1.82, 2.24) is 9.55 Å². The van der Waals surface area contributed by atoms with Gasteiger partial charge in [-0.3, -0.25) is 9.36 Å². The second kappa shape index (κ2) is 8.06. The Morgan fingerprint density at radius 3 is 2.66 bits per heavy atom. The number of nitrogens with zero attached hydrogens (tertiary/aromatic N) is 1. The number of benzene rings is 1. The number of carbonyl (C=O) groups excluding carboxylic acids is 1. The average Bonchev–Trinajstić information content (AvgIpc) is 3.30. The number of thioether (sulfide) groups is 2. The Hall–Kier alpha value is -1.34. The third-order valence-corrected chi connectivity index (χ3v) is 10.9. The first-order valence-electron chi connectivity index (χ1n) is 10.8. The van der Waals surface area contributed by atoms with E-state index in [0.29, 0.717) is 35.5 Å². The molecule has 2 bridgehead atoms. The summed E-state index contributed by atoms with van der Waals surface area (Å²) >= 11 is 4.34. The molecule has 3 aliphatic rings. The van der Waals surface area contributed by atoms with Crippen LogP contribution in [0.4, 0.5) is 0 Å². The Morgan fingerprint density at radius 2 is 1.90 bits per heavy atom. The maximum absolute atomic E-state index is 12.8. The van der Waals surface area contributed by atoms with Crippen LogP contribution in [0.5, 0.6) is 0 Å². The van der Waals surface area contributed by atoms with Crippen LogP contribution in [0.1, 0.15) is 38.5 Å². The molecule has 1 aromatic heterocycles. The summed E-state index contributed by atoms with van der Waals surface area (Å²) in [6, 6.07) is 7.69. The number of hydrogen-bond donors (Lipinski definition) is 1. The molecule has 1 aliphatic heterocycles. The predicted octanol–water partition coefficient (Wildman–Crippen LogP) is 4.27. The molecule has 0 radical (unpaired) electrons. The first-order valence-corrected chi connectivity index (χ1v) is 12.8. The highest BCUT2D eigenvalue weighted by atomic mass is 32.2. The molecule has 2 aliphatic carbocycles. The van der Waals surface area contributed by atoms with E-state index < -0.39 is 0 Å². The van der Waals surface area contributed by atoms with Gasteiger partial charge in [-0.05, 0) is 56.1 Å². The van der Waals surface area contributed by atoms with E-state index >= 15 is 0 Å². The van der Waals surface area contributed by atoms with E-state index in [9.17, 15) is 9.59 Å². The summed E-state index contributed by atoms with van der Waals surface area (Å²) in [6.07, 6.45) is 6.50. The third-order valence-electron chi connectivity index (χ3n) is 6.91. The fourth-order valence-electron chi connectivity index (χ4n) is 5.64. The van der Waals surface area contributed by atoms with Crippen LogP contribution in [0.3, 0.4) is 0 Å². The van der Waals surface area contributed by atoms with Gasteiger partial charge in [0.1, 0.15) is 0 Å². The molecule has 1 spiro atoms. The molecule has 2 aromatic rings. The van der Waals surface area contributed by atoms with Crippen LogP contribution >= 0.6 is 23.5 Å². The second-order valence-electron chi connectivity index (χ2n) is 8.53. The van der Waals surface area contributed by atoms with Crippen LogP contribution in [-0.4, -0.2) is 37.7 Å². The maximum Gasteiger partial charge on any atom is 0.326 e. The number of nitrogens with one attached hydrogen (secondary N) is 1. The van der Waals surface area contributed by atoms with Crippen LogP contribution in [-0.2, 0) is 16.1 Å². The van der Waals surface area contributed by atoms with Crippen molar-refractivity contribution in [2.75, 3.05) is 18.1 Å². The molecule has 1 saturated heterocycles. The number of carbonyl (C=O) groups is 1. The standard InChI is InChI=1S/C22H28N2O3S2/c25-20(15-13-16-5-3-6-17(14-15)22(16)28-11-12-29-22)27-10-4-9-24-19-8-2-1-7-18(19)23-21(24)26/h1-2,7-8,15-17H,3-6,9-14H2,(H,23,26). The van der Waals surface area contributed by atoms with E-state index in [-0.39, 0.29) is 17.6 Å². The van der Waals surface area contributed by atoms with Crippen molar-refractivity contribution in [2.45, 2.75) is 49.1 Å². The second-order valence-corrected chi connectivity index (χ2v) is 11.5. The average molecular weight is 433 g/mol. The van der Waals surface area contributed by atoms with Gasteiger partial charge in [-0.1, -0.05) is 18.6 Å². The number of aromatic amines is 1. The van der Waals surface area contributed by atoms with Crippen LogP contribution in [0.25, 0.3) is 11.0 Å². The molecule has 3 fully saturated rings. The first kappa shape index (κ1) is 19.6. The highest BCUT2D eigenvalue weighted by Gasteiger charge is 2.55. The van der Waals surface area contributed by atoms with E-state index in [1.165, 1.54) is 30.8 Å². The number of imidazole rings is 1. The van der Waals surface area contributed by atoms with Crippen molar-refractivity contribution in [1.29, 1.82) is 0 Å². The number of aryl methyl sites for hydroxylation is 1. The van der Waals surface area contributed by atoms with E-state index in [4.69, 9.17) is 4.74 Å². The monoisotopic (exact) mass is 432 g/mol. The Balaban J connectivity index is 1.16. The summed E-state index contributed by atoms with van der Waals surface area (Å²) in [5.74, 6) is 3.90. The molecule has 29 heavy (non-hydrogen) atoms. The van der Waals surface area contributed by atoms with Crippen molar-refractivity contribution in [2.24, 2.45) is 17.8 Å². The largest absolute Gasteiger partial charge is 0.465 e. The molecule has 2 heterocycles. The molecule has 2 saturated carbocycles. The van der Waals surface area contributed by atoms with E-state index in [1.807, 2.05) is 24.3 Å². The minimum atomic E-state index is -0.102. The number of H-pyrrole nitrogens is 1. The van der Waals surface area contributed by atoms with Crippen molar-refractivity contribution >= 4 is 40.5 Å². The summed E-state index contributed by atoms with van der Waals surface area (Å²) in [5, 5.41) is 0. The molecular formula is C22H28N2O3S2. The van der Waals surface area contributed by atoms with Gasteiger partial charge in [0.05, 0.1) is 27.6 Å². The van der Waals surface area contributed by atoms with E-state index in [2.05, 4.69) is 28.5 Å². The van der Waals surface area contributed by atoms with Gasteiger partial charge in [-0.25, -0.2) is 4.79 Å². The summed E-state index contributed by atoms with van der Waals surface area (Å²) in [7, 11) is 0. The maximum atomic E-state index is 12.8. The predicted molar refractivity (Wildman–Crippen MR) is 119 cm³/mol. The van der Waals surface area contributed by atoms with Crippen LogP contribution < -0.4 is 5.69 Å². The van der Waals surface area contributed by atoms with Gasteiger partial charge in [-0.15, -0.1) is 23.5 Å². The lowest BCUT2D eigenvalue weighted by molar-refractivity contribution is -0.151. The zero-order chi connectivity index (χ0) is 19.8. The van der Waals surface area contributed by atoms with Crippen LogP contribution in [0.15, 0.2) is 29.1 Å². The van der Waals surface area contributed by atoms with Crippen LogP contribution in [0.2, 0.25) is 0 Å². The minimum absolute atomic E-state index is 0.0176. The summed E-state index contributed by atoms with van der Waals surface area (Å²) in [5.41, 5.74) is 1.65. The molecule has 156 valence electrons. The van der Waals surface area contributed by atoms with Gasteiger partial charge in [0.25, 0.3) is 0 Å². The topological polar surface area (TPSA) is 64.1 Å². The van der Waals surface area contributed by atoms with E-state index in [1.54, 1.807) is 4.57 Å². The van der Waals surface area contributed by atoms with Gasteiger partial charge in [0.15, 0.2) is 0 Å². The van der Waals surface area contributed by atoms with Gasteiger partial charge in [-0.2, -0.15) is 0 Å². The molecule has 7 heteroatoms. The van der Waals surface area contributed by atoms with Crippen molar-refractivity contribution in [3.63, 3.8) is 0 Å². The number of ether oxygens (including phenoxy) is 1. The molecule has 5 rings (SSSR count). The Morgan fingerprint density at radius 1 is 1.17 bits per heavy atom. The molecule has 2 atom stereocenters. The lowest BCUT2D eigenvalue weighted by Gasteiger charge is -2.51. The zero-order valence-corrected chi connectivity index (χ0v) is 18.2. The number of rotatable bonds is 5. The number of para-hydroxylation sites is 2. The van der Waals surface area contributed by atoms with Crippen molar-refractivity contribution < 1.29 is 9.53 Å². The summed E-state index contributed by atoms with van der Waals surface area (Å²) < 4.78 is 7.79. The first-order chi connectivity index (χ1) is 14.2. The number of hydrogen-bond acceptors (Lipinski definition) is 5. The quantitative estimate of drug-likeness (QED) is 0.565. The lowest BCUT2D eigenvalue weighted by Crippen LogP contribution is -2.48. The number of aromatic nitrogens is 2. The Kier molecular flexibility index (Phi) is 5.45. The van der Waals surface area contributed by atoms with Gasteiger partial charge < -0.3 is 9.72 Å². The fourth-order valence-corrected chi connectivity index (χ4v) is 9.58. The SMILES string of the molecule is O=C(OCCCn1c(=O)[nH]c2ccccc21)C1CC2CCCC(C1)C21SCCS1. The molecule has 1 aromatic carbocycles. The van der Waals surface area contributed by atoms with Gasteiger partial charge in [0.2, 0.25) is 0 Å². The lowest BCUT2D eigenvalue weighted by atomic mass is 9.67. The molecule has 2 unspecified atom stereocenters. The Bertz CT molecular complexity index is 931. The highest BCUT2D eigenvalue weighted by molar-refractivity contribution is 8.21. The molecule has 5 nitrogen and oxygen atoms in total. The van der Waals surface area contributed by atoms with Gasteiger partial charge >= 0.3 is 11.7 Å². The highest BCUT2D eigenvalue weighted by Crippen LogP contribution is 2.64. The zero-order valence-electron chi connectivity index (χ0n) is 16.6. The molecule has 0 amide bonds. The molecular weight excluding hydrogens is 404 g/mol. The van der Waals surface area contributed by atoms with E-state index in [0.717, 1.165) is 23.9 Å². The smallest absolute Gasteiger partial charge is 0.326 e. The summed E-state index contributed by atoms with van der Waals surface area (Å²) in [6.45, 7) is 0.938. The van der Waals surface area contributed by atoms with Gasteiger partial charge in [0, 0.05) is 18.1 Å². The fraction of sp³-hybridized carbons (Fsp3) is 0.636. The Labute approximate surface area is 179 Å². The number of esters is 1. The summed E-state index contributed by atoms with van der Waals surface area (Å²) in [4.78, 5) is 27.8. The minimum Gasteiger partial charge on any atom is -0.465 e. The van der Waals surface area contributed by atoms with Crippen molar-refractivity contribution in [3.05, 3.63) is 34.7 Å². The molecule has 1 N–H and O–H groups in total. The van der Waals surface area contributed by atoms with Crippen LogP contribution in [0, 0.1) is 17.8 Å². The number of fused-ring (bicyclic) bond motifs is 1.